The summed E-state index contributed by atoms with van der Waals surface area (Å²) in [4.78, 5) is 11.3. The second-order valence-corrected chi connectivity index (χ2v) is 5.13. The number of benzene rings is 1. The molecule has 3 rings (SSSR count). The van der Waals surface area contributed by atoms with Gasteiger partial charge in [-0.1, -0.05) is 35.5 Å². The van der Waals surface area contributed by atoms with Gasteiger partial charge in [0.15, 0.2) is 5.82 Å². The molecule has 1 aromatic heterocycles. The number of para-hydroxylation sites is 1. The maximum atomic E-state index is 11.3. The van der Waals surface area contributed by atoms with Gasteiger partial charge in [0, 0.05) is 0 Å². The highest BCUT2D eigenvalue weighted by molar-refractivity contribution is 7.99. The van der Waals surface area contributed by atoms with Crippen molar-refractivity contribution in [1.29, 1.82) is 0 Å². The van der Waals surface area contributed by atoms with Gasteiger partial charge in [0.05, 0.1) is 10.8 Å². The van der Waals surface area contributed by atoms with Crippen LogP contribution in [0.3, 0.4) is 0 Å². The number of hydrogen-bond acceptors (Lipinski definition) is 5. The van der Waals surface area contributed by atoms with Crippen molar-refractivity contribution >= 4 is 29.3 Å². The molecule has 0 atom stereocenters. The van der Waals surface area contributed by atoms with Gasteiger partial charge in [0.1, 0.15) is 12.4 Å². The highest BCUT2D eigenvalue weighted by Crippen LogP contribution is 2.25. The summed E-state index contributed by atoms with van der Waals surface area (Å²) in [6.45, 7) is 0.178. The quantitative estimate of drug-likeness (QED) is 0.933. The molecule has 2 aromatic rings. The van der Waals surface area contributed by atoms with E-state index in [9.17, 15) is 4.79 Å². The van der Waals surface area contributed by atoms with Gasteiger partial charge in [-0.05, 0) is 12.1 Å². The van der Waals surface area contributed by atoms with Gasteiger partial charge in [-0.2, -0.15) is 0 Å². The number of amides is 1. The van der Waals surface area contributed by atoms with E-state index in [1.165, 1.54) is 16.4 Å². The smallest absolute Gasteiger partial charge is 0.249 e. The lowest BCUT2D eigenvalue weighted by molar-refractivity contribution is -0.115. The number of halogens is 1. The summed E-state index contributed by atoms with van der Waals surface area (Å²) < 4.78 is 7.10. The summed E-state index contributed by atoms with van der Waals surface area (Å²) in [6, 6.07) is 7.17. The van der Waals surface area contributed by atoms with Crippen molar-refractivity contribution in [3.8, 4) is 5.75 Å². The van der Waals surface area contributed by atoms with E-state index in [0.717, 1.165) is 0 Å². The van der Waals surface area contributed by atoms with Gasteiger partial charge in [0.25, 0.3) is 0 Å². The van der Waals surface area contributed by atoms with Crippen LogP contribution in [-0.2, 0) is 11.4 Å². The fraction of sp³-hybridized carbons (Fsp3) is 0.182. The van der Waals surface area contributed by atoms with Crippen LogP contribution in [-0.4, -0.2) is 26.5 Å². The molecule has 0 spiro atoms. The number of carbonyl (C=O) groups excluding carboxylic acids is 1. The Morgan fingerprint density at radius 3 is 3.11 bits per heavy atom. The summed E-state index contributed by atoms with van der Waals surface area (Å²) in [5.41, 5.74) is 2.68. The van der Waals surface area contributed by atoms with E-state index < -0.39 is 0 Å². The van der Waals surface area contributed by atoms with Crippen LogP contribution < -0.4 is 10.2 Å². The van der Waals surface area contributed by atoms with Crippen LogP contribution >= 0.6 is 23.4 Å². The van der Waals surface area contributed by atoms with Crippen molar-refractivity contribution in [3.63, 3.8) is 0 Å². The van der Waals surface area contributed by atoms with Crippen molar-refractivity contribution in [2.45, 2.75) is 11.8 Å². The number of nitrogens with zero attached hydrogens (tertiary/aromatic N) is 3. The van der Waals surface area contributed by atoms with Crippen LogP contribution in [0.5, 0.6) is 5.75 Å². The average Bonchev–Trinajstić information content (AvgIpc) is 2.80. The van der Waals surface area contributed by atoms with E-state index in [4.69, 9.17) is 16.3 Å². The molecule has 1 aliphatic rings. The predicted molar refractivity (Wildman–Crippen MR) is 70.9 cm³/mol. The Balaban J connectivity index is 1.76. The van der Waals surface area contributed by atoms with Gasteiger partial charge in [-0.15, -0.1) is 10.2 Å². The van der Waals surface area contributed by atoms with Gasteiger partial charge in [-0.3, -0.25) is 10.2 Å². The Morgan fingerprint density at radius 1 is 1.42 bits per heavy atom. The predicted octanol–water partition coefficient (Wildman–Crippen LogP) is 1.69. The van der Waals surface area contributed by atoms with Crippen LogP contribution in [0.15, 0.2) is 29.4 Å². The molecule has 19 heavy (non-hydrogen) atoms. The number of aromatic nitrogens is 3. The Morgan fingerprint density at radius 2 is 2.26 bits per heavy atom. The van der Waals surface area contributed by atoms with E-state index in [-0.39, 0.29) is 12.5 Å². The number of hydrogen-bond donors (Lipinski definition) is 1. The summed E-state index contributed by atoms with van der Waals surface area (Å²) in [6.07, 6.45) is 0. The number of carbonyl (C=O) groups is 1. The zero-order valence-corrected chi connectivity index (χ0v) is 11.2. The van der Waals surface area contributed by atoms with Crippen LogP contribution in [0.1, 0.15) is 5.82 Å². The monoisotopic (exact) mass is 296 g/mol. The molecule has 0 radical (unpaired) electrons. The first kappa shape index (κ1) is 12.3. The average molecular weight is 297 g/mol. The Hall–Kier alpha value is -1.73. The minimum atomic E-state index is -0.0868. The molecule has 0 aliphatic carbocycles. The summed E-state index contributed by atoms with van der Waals surface area (Å²) in [5, 5.41) is 9.14. The zero-order valence-electron chi connectivity index (χ0n) is 9.67. The molecule has 1 amide bonds. The molecule has 0 fully saturated rings. The third kappa shape index (κ3) is 2.52. The standard InChI is InChI=1S/C11H9ClN4O2S/c12-7-3-1-2-4-8(7)18-5-9-13-14-11-16(9)15-10(17)6-19-11/h1-4H,5-6H2,(H,15,17). The molecule has 2 heterocycles. The fourth-order valence-corrected chi connectivity index (χ4v) is 2.48. The zero-order chi connectivity index (χ0) is 13.2. The Labute approximate surface area is 118 Å². The Kier molecular flexibility index (Phi) is 3.31. The molecule has 1 N–H and O–H groups in total. The van der Waals surface area contributed by atoms with E-state index in [2.05, 4.69) is 15.6 Å². The van der Waals surface area contributed by atoms with Gasteiger partial charge in [-0.25, -0.2) is 4.68 Å². The molecule has 6 nitrogen and oxygen atoms in total. The van der Waals surface area contributed by atoms with Gasteiger partial charge < -0.3 is 4.74 Å². The number of fused-ring (bicyclic) bond motifs is 1. The molecule has 0 unspecified atom stereocenters. The molecule has 1 aliphatic heterocycles. The molecule has 0 saturated heterocycles. The van der Waals surface area contributed by atoms with Crippen molar-refractivity contribution in [1.82, 2.24) is 14.9 Å². The maximum absolute atomic E-state index is 11.3. The first-order chi connectivity index (χ1) is 9.24. The molecule has 1 aromatic carbocycles. The largest absolute Gasteiger partial charge is 0.484 e. The minimum Gasteiger partial charge on any atom is -0.484 e. The molecule has 8 heteroatoms. The van der Waals surface area contributed by atoms with Crippen molar-refractivity contribution in [3.05, 3.63) is 35.1 Å². The van der Waals surface area contributed by atoms with Crippen LogP contribution in [0.4, 0.5) is 0 Å². The van der Waals surface area contributed by atoms with Crippen LogP contribution in [0.2, 0.25) is 5.02 Å². The first-order valence-electron chi connectivity index (χ1n) is 5.48. The van der Waals surface area contributed by atoms with Gasteiger partial charge in [0.2, 0.25) is 11.1 Å². The topological polar surface area (TPSA) is 69.0 Å². The third-order valence-corrected chi connectivity index (χ3v) is 3.70. The normalized spacial score (nSPS) is 13.8. The van der Waals surface area contributed by atoms with E-state index in [1.54, 1.807) is 12.1 Å². The highest BCUT2D eigenvalue weighted by atomic mass is 35.5. The van der Waals surface area contributed by atoms with Crippen LogP contribution in [0, 0.1) is 0 Å². The molecule has 0 saturated carbocycles. The SMILES string of the molecule is O=C1CSc2nnc(COc3ccccc3Cl)n2N1. The van der Waals surface area contributed by atoms with E-state index >= 15 is 0 Å². The molecular formula is C11H9ClN4O2S. The summed E-state index contributed by atoms with van der Waals surface area (Å²) in [7, 11) is 0. The summed E-state index contributed by atoms with van der Waals surface area (Å²) in [5.74, 6) is 1.35. The second-order valence-electron chi connectivity index (χ2n) is 3.78. The third-order valence-electron chi connectivity index (χ3n) is 2.46. The van der Waals surface area contributed by atoms with Crippen molar-refractivity contribution in [2.24, 2.45) is 0 Å². The number of ether oxygens (including phenoxy) is 1. The molecule has 98 valence electrons. The lowest BCUT2D eigenvalue weighted by Crippen LogP contribution is -2.31. The van der Waals surface area contributed by atoms with Gasteiger partial charge >= 0.3 is 0 Å². The molecule has 0 bridgehead atoms. The minimum absolute atomic E-state index is 0.0868. The van der Waals surface area contributed by atoms with Crippen molar-refractivity contribution < 1.29 is 9.53 Å². The first-order valence-corrected chi connectivity index (χ1v) is 6.84. The highest BCUT2D eigenvalue weighted by Gasteiger charge is 2.21. The van der Waals surface area contributed by atoms with E-state index in [0.29, 0.717) is 27.5 Å². The van der Waals surface area contributed by atoms with Crippen LogP contribution in [0.25, 0.3) is 0 Å². The number of rotatable bonds is 3. The number of nitrogens with one attached hydrogen (secondary N) is 1. The van der Waals surface area contributed by atoms with E-state index in [1.807, 2.05) is 12.1 Å². The Bertz CT molecular complexity index is 631. The fourth-order valence-electron chi connectivity index (χ4n) is 1.59. The maximum Gasteiger partial charge on any atom is 0.249 e. The second kappa shape index (κ2) is 5.10. The van der Waals surface area contributed by atoms with Crippen molar-refractivity contribution in [2.75, 3.05) is 11.2 Å². The lowest BCUT2D eigenvalue weighted by Gasteiger charge is -2.15. The lowest BCUT2D eigenvalue weighted by atomic mass is 10.3. The summed E-state index contributed by atoms with van der Waals surface area (Å²) >= 11 is 7.33. The molecular weight excluding hydrogens is 288 g/mol. The number of thioether (sulfide) groups is 1.